The summed E-state index contributed by atoms with van der Waals surface area (Å²) in [5.74, 6) is 0. The Morgan fingerprint density at radius 2 is 1.19 bits per heavy atom. The molecule has 2 aliphatic carbocycles. The highest BCUT2D eigenvalue weighted by Gasteiger charge is 2.49. The molecule has 5 aromatic rings. The van der Waals surface area contributed by atoms with E-state index < -0.39 is 0 Å². The first-order valence-corrected chi connectivity index (χ1v) is 13.6. The molecule has 1 spiro atoms. The number of aryl methyl sites for hydroxylation is 1. The highest BCUT2D eigenvalue weighted by Crippen LogP contribution is 2.59. The fourth-order valence-electron chi connectivity index (χ4n) is 7.43. The maximum absolute atomic E-state index is 2.58. The zero-order valence-corrected chi connectivity index (χ0v) is 21.0. The van der Waals surface area contributed by atoms with Gasteiger partial charge in [-0.25, -0.2) is 0 Å². The number of nitrogens with zero attached hydrogens (tertiary/aromatic N) is 1. The molecule has 0 fully saturated rings. The summed E-state index contributed by atoms with van der Waals surface area (Å²) >= 11 is 0. The number of benzene rings is 5. The van der Waals surface area contributed by atoms with Gasteiger partial charge < -0.3 is 4.90 Å². The predicted octanol–water partition coefficient (Wildman–Crippen LogP) is 7.91. The topological polar surface area (TPSA) is 3.24 Å². The van der Waals surface area contributed by atoms with E-state index in [1.807, 2.05) is 0 Å². The summed E-state index contributed by atoms with van der Waals surface area (Å²) in [4.78, 5) is 2.58. The van der Waals surface area contributed by atoms with Crippen LogP contribution in [0.2, 0.25) is 0 Å². The van der Waals surface area contributed by atoms with Gasteiger partial charge in [-0.15, -0.1) is 0 Å². The van der Waals surface area contributed by atoms with Gasteiger partial charge in [0, 0.05) is 18.8 Å². The van der Waals surface area contributed by atoms with Crippen LogP contribution in [0.15, 0.2) is 115 Å². The van der Waals surface area contributed by atoms with Gasteiger partial charge in [0.2, 0.25) is 0 Å². The minimum absolute atomic E-state index is 0.271. The minimum atomic E-state index is -0.271. The van der Waals surface area contributed by atoms with Crippen LogP contribution in [-0.4, -0.2) is 6.54 Å². The summed E-state index contributed by atoms with van der Waals surface area (Å²) in [5, 5.41) is 0. The standard InChI is InChI=1S/C36H29N/c1-5-15-31-27(11-1)23-28-20-19-25(24-37-21-9-12-26-10-2-8-18-35(26)37)22-34(28)36(31)32-16-6-3-13-29(32)30-14-4-7-17-33(30)36/h1-8,10-11,13-20,22H,9,12,21,23-24H2. The molecule has 5 aromatic carbocycles. The molecule has 8 rings (SSSR count). The molecule has 0 atom stereocenters. The van der Waals surface area contributed by atoms with Crippen molar-refractivity contribution in [1.82, 2.24) is 0 Å². The van der Waals surface area contributed by atoms with Crippen LogP contribution in [-0.2, 0) is 24.8 Å². The van der Waals surface area contributed by atoms with E-state index in [2.05, 4.69) is 120 Å². The lowest BCUT2D eigenvalue weighted by atomic mass is 9.61. The summed E-state index contributed by atoms with van der Waals surface area (Å²) in [6, 6.07) is 43.6. The molecule has 0 saturated carbocycles. The van der Waals surface area contributed by atoms with Crippen LogP contribution in [0.25, 0.3) is 11.1 Å². The first kappa shape index (κ1) is 21.0. The predicted molar refractivity (Wildman–Crippen MR) is 152 cm³/mol. The van der Waals surface area contributed by atoms with Gasteiger partial charge in [0.15, 0.2) is 0 Å². The fourth-order valence-corrected chi connectivity index (χ4v) is 7.43. The number of hydrogen-bond acceptors (Lipinski definition) is 1. The van der Waals surface area contributed by atoms with Crippen molar-refractivity contribution in [1.29, 1.82) is 0 Å². The summed E-state index contributed by atoms with van der Waals surface area (Å²) in [5.41, 5.74) is 15.4. The average molecular weight is 476 g/mol. The van der Waals surface area contributed by atoms with Crippen LogP contribution in [0, 0.1) is 0 Å². The van der Waals surface area contributed by atoms with Crippen LogP contribution in [0.1, 0.15) is 50.9 Å². The second-order valence-electron chi connectivity index (χ2n) is 10.8. The molecule has 1 heteroatoms. The lowest BCUT2D eigenvalue weighted by Crippen LogP contribution is -2.35. The molecule has 0 bridgehead atoms. The molecular weight excluding hydrogens is 446 g/mol. The number of rotatable bonds is 2. The number of anilines is 1. The van der Waals surface area contributed by atoms with Crippen molar-refractivity contribution in [3.63, 3.8) is 0 Å². The summed E-state index contributed by atoms with van der Waals surface area (Å²) in [6.45, 7) is 2.07. The molecule has 0 radical (unpaired) electrons. The third-order valence-corrected chi connectivity index (χ3v) is 8.91. The molecule has 0 saturated heterocycles. The summed E-state index contributed by atoms with van der Waals surface area (Å²) < 4.78 is 0. The zero-order valence-electron chi connectivity index (χ0n) is 21.0. The maximum Gasteiger partial charge on any atom is 0.0719 e. The third kappa shape index (κ3) is 2.92. The largest absolute Gasteiger partial charge is 0.367 e. The Balaban J connectivity index is 1.36. The van der Waals surface area contributed by atoms with Gasteiger partial charge in [-0.1, -0.05) is 109 Å². The Morgan fingerprint density at radius 1 is 0.568 bits per heavy atom. The fraction of sp³-hybridized carbons (Fsp3) is 0.167. The Labute approximate surface area is 219 Å². The van der Waals surface area contributed by atoms with Crippen LogP contribution >= 0.6 is 0 Å². The van der Waals surface area contributed by atoms with Crippen molar-refractivity contribution in [3.05, 3.63) is 160 Å². The molecule has 1 heterocycles. The number of fused-ring (bicyclic) bond motifs is 10. The van der Waals surface area contributed by atoms with Crippen LogP contribution < -0.4 is 4.90 Å². The number of para-hydroxylation sites is 1. The van der Waals surface area contributed by atoms with E-state index in [0.717, 1.165) is 19.5 Å². The van der Waals surface area contributed by atoms with Gasteiger partial charge in [-0.05, 0) is 81.0 Å². The normalized spacial score (nSPS) is 15.9. The summed E-state index contributed by atoms with van der Waals surface area (Å²) in [6.07, 6.45) is 3.40. The van der Waals surface area contributed by atoms with Gasteiger partial charge in [0.25, 0.3) is 0 Å². The Bertz CT molecular complexity index is 1630. The molecule has 0 unspecified atom stereocenters. The second-order valence-corrected chi connectivity index (χ2v) is 10.8. The molecule has 37 heavy (non-hydrogen) atoms. The highest BCUT2D eigenvalue weighted by molar-refractivity contribution is 5.87. The average Bonchev–Trinajstić information content (AvgIpc) is 3.25. The van der Waals surface area contributed by atoms with E-state index in [0.29, 0.717) is 0 Å². The van der Waals surface area contributed by atoms with Gasteiger partial charge in [0.1, 0.15) is 0 Å². The minimum Gasteiger partial charge on any atom is -0.367 e. The van der Waals surface area contributed by atoms with Crippen molar-refractivity contribution >= 4 is 5.69 Å². The number of hydrogen-bond donors (Lipinski definition) is 0. The molecule has 1 aliphatic heterocycles. The van der Waals surface area contributed by atoms with Gasteiger partial charge in [-0.2, -0.15) is 0 Å². The summed E-state index contributed by atoms with van der Waals surface area (Å²) in [7, 11) is 0. The van der Waals surface area contributed by atoms with E-state index in [4.69, 9.17) is 0 Å². The third-order valence-electron chi connectivity index (χ3n) is 8.91. The zero-order chi connectivity index (χ0) is 24.4. The second kappa shape index (κ2) is 7.95. The van der Waals surface area contributed by atoms with E-state index >= 15 is 0 Å². The molecule has 0 amide bonds. The van der Waals surface area contributed by atoms with Crippen molar-refractivity contribution in [2.75, 3.05) is 11.4 Å². The van der Waals surface area contributed by atoms with Crippen LogP contribution in [0.5, 0.6) is 0 Å². The Hall–Kier alpha value is -4.10. The Morgan fingerprint density at radius 3 is 1.97 bits per heavy atom. The van der Waals surface area contributed by atoms with E-state index in [9.17, 15) is 0 Å². The maximum atomic E-state index is 2.58. The van der Waals surface area contributed by atoms with Crippen molar-refractivity contribution < 1.29 is 0 Å². The van der Waals surface area contributed by atoms with Crippen molar-refractivity contribution in [3.8, 4) is 11.1 Å². The smallest absolute Gasteiger partial charge is 0.0719 e. The lowest BCUT2D eigenvalue weighted by Gasteiger charge is -2.41. The van der Waals surface area contributed by atoms with Crippen molar-refractivity contribution in [2.24, 2.45) is 0 Å². The SMILES string of the molecule is c1ccc2c(c1)CCCN2Cc1ccc2c(c1)C1(c3ccccc3C2)c2ccccc2-c2ccccc21. The molecule has 3 aliphatic rings. The van der Waals surface area contributed by atoms with Gasteiger partial charge in [-0.3, -0.25) is 0 Å². The quantitative estimate of drug-likeness (QED) is 0.246. The first-order chi connectivity index (χ1) is 18.3. The van der Waals surface area contributed by atoms with E-state index in [-0.39, 0.29) is 5.41 Å². The first-order valence-electron chi connectivity index (χ1n) is 13.6. The van der Waals surface area contributed by atoms with Crippen molar-refractivity contribution in [2.45, 2.75) is 31.2 Å². The molecule has 0 N–H and O–H groups in total. The molecule has 0 aromatic heterocycles. The monoisotopic (exact) mass is 475 g/mol. The lowest BCUT2D eigenvalue weighted by molar-refractivity contribution is 0.685. The molecule has 1 nitrogen and oxygen atoms in total. The highest BCUT2D eigenvalue weighted by atomic mass is 15.1. The molecule has 178 valence electrons. The van der Waals surface area contributed by atoms with Crippen LogP contribution in [0.3, 0.4) is 0 Å². The van der Waals surface area contributed by atoms with Crippen LogP contribution in [0.4, 0.5) is 5.69 Å². The van der Waals surface area contributed by atoms with Gasteiger partial charge >= 0.3 is 0 Å². The molecular formula is C36H29N. The van der Waals surface area contributed by atoms with E-state index in [1.54, 1.807) is 0 Å². The van der Waals surface area contributed by atoms with Gasteiger partial charge in [0.05, 0.1) is 5.41 Å². The van der Waals surface area contributed by atoms with E-state index in [1.165, 1.54) is 74.2 Å². The Kier molecular flexibility index (Phi) is 4.52.